The highest BCUT2D eigenvalue weighted by atomic mass is 16.4. The lowest BCUT2D eigenvalue weighted by molar-refractivity contribution is -0.125. The number of hydrogen-bond donors (Lipinski definition) is 4. The van der Waals surface area contributed by atoms with E-state index >= 15 is 0 Å². The van der Waals surface area contributed by atoms with Crippen molar-refractivity contribution in [2.75, 3.05) is 6.54 Å². The number of rotatable bonds is 7. The number of hydrogen-bond acceptors (Lipinski definition) is 4. The molecule has 0 aliphatic heterocycles. The molecule has 6 N–H and O–H groups in total. The average Bonchev–Trinajstić information content (AvgIpc) is 2.43. The zero-order valence-electron chi connectivity index (χ0n) is 11.8. The van der Waals surface area contributed by atoms with Crippen LogP contribution in [0.4, 0.5) is 0 Å². The first-order valence-corrected chi connectivity index (χ1v) is 6.41. The molecule has 0 saturated heterocycles. The summed E-state index contributed by atoms with van der Waals surface area (Å²) in [6, 6.07) is 9.48. The Kier molecular flexibility index (Phi) is 5.52. The molecule has 1 rings (SSSR count). The molecule has 1 amide bonds. The van der Waals surface area contributed by atoms with E-state index in [1.165, 1.54) is 0 Å². The lowest BCUT2D eigenvalue weighted by Crippen LogP contribution is -2.42. The summed E-state index contributed by atoms with van der Waals surface area (Å²) in [5.41, 5.74) is 11.3. The Balaban J connectivity index is 2.82. The van der Waals surface area contributed by atoms with Crippen LogP contribution in [0.5, 0.6) is 0 Å². The largest absolute Gasteiger partial charge is 0.409 e. The lowest BCUT2D eigenvalue weighted by atomic mass is 9.91. The molecule has 0 radical (unpaired) electrons. The molecule has 0 bridgehead atoms. The van der Waals surface area contributed by atoms with Crippen molar-refractivity contribution < 1.29 is 10.0 Å². The quantitative estimate of drug-likeness (QED) is 0.257. The number of carbonyl (C=O) groups is 1. The van der Waals surface area contributed by atoms with Gasteiger partial charge in [0.2, 0.25) is 5.91 Å². The number of nitrogens with two attached hydrogens (primary N) is 2. The average molecular weight is 278 g/mol. The van der Waals surface area contributed by atoms with Crippen LogP contribution in [0.3, 0.4) is 0 Å². The van der Waals surface area contributed by atoms with Crippen molar-refractivity contribution in [2.45, 2.75) is 26.3 Å². The molecule has 6 nitrogen and oxygen atoms in total. The van der Waals surface area contributed by atoms with Crippen LogP contribution in [0, 0.1) is 5.41 Å². The lowest BCUT2D eigenvalue weighted by Gasteiger charge is -2.26. The van der Waals surface area contributed by atoms with Crippen molar-refractivity contribution >= 4 is 11.7 Å². The van der Waals surface area contributed by atoms with Gasteiger partial charge in [0.1, 0.15) is 5.84 Å². The normalized spacial score (nSPS) is 14.0. The Bertz CT molecular complexity index is 471. The Morgan fingerprint density at radius 1 is 1.35 bits per heavy atom. The molecule has 0 spiro atoms. The van der Waals surface area contributed by atoms with Gasteiger partial charge in [0, 0.05) is 19.0 Å². The number of nitrogens with one attached hydrogen (secondary N) is 1. The first kappa shape index (κ1) is 16.0. The van der Waals surface area contributed by atoms with Gasteiger partial charge in [-0.1, -0.05) is 35.5 Å². The summed E-state index contributed by atoms with van der Waals surface area (Å²) in [6.07, 6.45) is 0.343. The van der Waals surface area contributed by atoms with E-state index in [2.05, 4.69) is 10.5 Å². The van der Waals surface area contributed by atoms with Gasteiger partial charge < -0.3 is 22.0 Å². The van der Waals surface area contributed by atoms with E-state index in [1.54, 1.807) is 13.8 Å². The van der Waals surface area contributed by atoms with Crippen molar-refractivity contribution in [3.8, 4) is 0 Å². The van der Waals surface area contributed by atoms with Gasteiger partial charge >= 0.3 is 0 Å². The summed E-state index contributed by atoms with van der Waals surface area (Å²) < 4.78 is 0. The van der Waals surface area contributed by atoms with Crippen LogP contribution in [0.2, 0.25) is 0 Å². The van der Waals surface area contributed by atoms with Crippen molar-refractivity contribution in [3.05, 3.63) is 35.9 Å². The van der Waals surface area contributed by atoms with Crippen LogP contribution in [-0.2, 0) is 4.79 Å². The maximum absolute atomic E-state index is 11.3. The predicted molar refractivity (Wildman–Crippen MR) is 78.2 cm³/mol. The summed E-state index contributed by atoms with van der Waals surface area (Å²) >= 11 is 0. The van der Waals surface area contributed by atoms with Gasteiger partial charge in [-0.15, -0.1) is 0 Å². The van der Waals surface area contributed by atoms with Gasteiger partial charge in [0.25, 0.3) is 0 Å². The number of primary amides is 1. The fraction of sp³-hybridized carbons (Fsp3) is 0.429. The second-order valence-corrected chi connectivity index (χ2v) is 5.39. The molecule has 20 heavy (non-hydrogen) atoms. The second-order valence-electron chi connectivity index (χ2n) is 5.39. The molecule has 0 aliphatic rings. The van der Waals surface area contributed by atoms with Crippen LogP contribution in [-0.4, -0.2) is 23.5 Å². The number of nitrogens with zero attached hydrogens (tertiary/aromatic N) is 1. The van der Waals surface area contributed by atoms with E-state index in [0.29, 0.717) is 13.0 Å². The molecule has 0 aliphatic carbocycles. The highest BCUT2D eigenvalue weighted by Gasteiger charge is 2.26. The molecule has 0 aromatic heterocycles. The smallest absolute Gasteiger partial charge is 0.224 e. The third-order valence-corrected chi connectivity index (χ3v) is 3.20. The van der Waals surface area contributed by atoms with Crippen molar-refractivity contribution in [1.29, 1.82) is 0 Å². The fourth-order valence-electron chi connectivity index (χ4n) is 1.71. The monoisotopic (exact) mass is 278 g/mol. The van der Waals surface area contributed by atoms with Crippen LogP contribution < -0.4 is 16.8 Å². The van der Waals surface area contributed by atoms with Crippen LogP contribution in [0.15, 0.2) is 35.5 Å². The number of carbonyl (C=O) groups excluding carboxylic acids is 1. The van der Waals surface area contributed by atoms with E-state index in [1.807, 2.05) is 30.3 Å². The number of amidine groups is 1. The van der Waals surface area contributed by atoms with Gasteiger partial charge in [-0.25, -0.2) is 0 Å². The van der Waals surface area contributed by atoms with Gasteiger partial charge in [0.05, 0.1) is 5.41 Å². The molecule has 1 unspecified atom stereocenters. The number of amides is 1. The molecule has 0 heterocycles. The number of benzene rings is 1. The maximum Gasteiger partial charge on any atom is 0.224 e. The van der Waals surface area contributed by atoms with Crippen molar-refractivity contribution in [2.24, 2.45) is 22.0 Å². The van der Waals surface area contributed by atoms with Crippen LogP contribution in [0.25, 0.3) is 0 Å². The van der Waals surface area contributed by atoms with Crippen LogP contribution >= 0.6 is 0 Å². The molecule has 1 aromatic carbocycles. The predicted octanol–water partition coefficient (Wildman–Crippen LogP) is 0.965. The van der Waals surface area contributed by atoms with Gasteiger partial charge in [0.15, 0.2) is 0 Å². The van der Waals surface area contributed by atoms with E-state index in [9.17, 15) is 4.79 Å². The molecule has 0 fully saturated rings. The van der Waals surface area contributed by atoms with Crippen LogP contribution in [0.1, 0.15) is 31.9 Å². The minimum Gasteiger partial charge on any atom is -0.409 e. The van der Waals surface area contributed by atoms with E-state index in [0.717, 1.165) is 5.56 Å². The van der Waals surface area contributed by atoms with E-state index < -0.39 is 5.41 Å². The zero-order valence-corrected chi connectivity index (χ0v) is 11.8. The molecular weight excluding hydrogens is 256 g/mol. The molecular formula is C14H22N4O2. The third kappa shape index (κ3) is 4.55. The Morgan fingerprint density at radius 2 is 1.95 bits per heavy atom. The summed E-state index contributed by atoms with van der Waals surface area (Å²) in [4.78, 5) is 11.3. The molecule has 0 saturated carbocycles. The fourth-order valence-corrected chi connectivity index (χ4v) is 1.71. The minimum absolute atomic E-state index is 0.128. The van der Waals surface area contributed by atoms with E-state index in [4.69, 9.17) is 16.7 Å². The molecule has 1 aromatic rings. The van der Waals surface area contributed by atoms with Crippen molar-refractivity contribution in [1.82, 2.24) is 5.32 Å². The number of oxime groups is 1. The Morgan fingerprint density at radius 3 is 2.45 bits per heavy atom. The van der Waals surface area contributed by atoms with Gasteiger partial charge in [-0.05, 0) is 19.4 Å². The highest BCUT2D eigenvalue weighted by molar-refractivity contribution is 5.81. The summed E-state index contributed by atoms with van der Waals surface area (Å²) in [5.74, 6) is -0.246. The summed E-state index contributed by atoms with van der Waals surface area (Å²) in [7, 11) is 0. The molecule has 110 valence electrons. The van der Waals surface area contributed by atoms with E-state index in [-0.39, 0.29) is 17.8 Å². The first-order valence-electron chi connectivity index (χ1n) is 6.41. The topological polar surface area (TPSA) is 114 Å². The third-order valence-electron chi connectivity index (χ3n) is 3.20. The zero-order chi connectivity index (χ0) is 15.2. The SMILES string of the molecule is CC(C)(CNC(C/C(N)=N/O)c1ccccc1)C(N)=O. The van der Waals surface area contributed by atoms with Gasteiger partial charge in [-0.2, -0.15) is 0 Å². The Hall–Kier alpha value is -2.08. The summed E-state index contributed by atoms with van der Waals surface area (Å²) in [5, 5.41) is 15.0. The second kappa shape index (κ2) is 6.91. The standard InChI is InChI=1S/C14H22N4O2/c1-14(2,13(16)19)9-17-11(8-12(15)18-20)10-6-4-3-5-7-10/h3-7,11,17,20H,8-9H2,1-2H3,(H2,15,18)(H2,16,19). The molecule has 1 atom stereocenters. The van der Waals surface area contributed by atoms with Gasteiger partial charge in [-0.3, -0.25) is 4.79 Å². The maximum atomic E-state index is 11.3. The molecule has 6 heteroatoms. The minimum atomic E-state index is -0.669. The summed E-state index contributed by atoms with van der Waals surface area (Å²) in [6.45, 7) is 3.95. The first-order chi connectivity index (χ1) is 9.36. The highest BCUT2D eigenvalue weighted by Crippen LogP contribution is 2.20. The van der Waals surface area contributed by atoms with Crippen molar-refractivity contribution in [3.63, 3.8) is 0 Å². The Labute approximate surface area is 118 Å².